The summed E-state index contributed by atoms with van der Waals surface area (Å²) in [4.78, 5) is 25.4. The van der Waals surface area contributed by atoms with Crippen LogP contribution < -0.4 is 0 Å². The third-order valence-electron chi connectivity index (χ3n) is 5.60. The molecule has 162 valence electrons. The molecular weight excluding hydrogens is 350 g/mol. The Morgan fingerprint density at radius 2 is 1.50 bits per heavy atom. The normalized spacial score (nSPS) is 17.1. The van der Waals surface area contributed by atoms with E-state index in [0.29, 0.717) is 13.0 Å². The first-order valence-electron chi connectivity index (χ1n) is 11.7. The maximum Gasteiger partial charge on any atom is 0.416 e. The van der Waals surface area contributed by atoms with E-state index in [2.05, 4.69) is 19.1 Å². The molecule has 1 aliphatic heterocycles. The summed E-state index contributed by atoms with van der Waals surface area (Å²) in [6.07, 6.45) is 20.8. The van der Waals surface area contributed by atoms with Crippen LogP contribution in [0.3, 0.4) is 0 Å². The molecule has 0 aromatic rings. The highest BCUT2D eigenvalue weighted by atomic mass is 16.6. The van der Waals surface area contributed by atoms with Gasteiger partial charge in [0.05, 0.1) is 6.04 Å². The summed E-state index contributed by atoms with van der Waals surface area (Å²) >= 11 is 0. The molecule has 4 heteroatoms. The minimum atomic E-state index is -0.462. The molecule has 1 aliphatic rings. The Labute approximate surface area is 173 Å². The number of cyclic esters (lactones) is 1. The van der Waals surface area contributed by atoms with Crippen LogP contribution in [0.4, 0.5) is 4.79 Å². The van der Waals surface area contributed by atoms with Gasteiger partial charge < -0.3 is 4.74 Å². The lowest BCUT2D eigenvalue weighted by atomic mass is 10.0. The van der Waals surface area contributed by atoms with Gasteiger partial charge in [-0.05, 0) is 38.0 Å². The average molecular weight is 394 g/mol. The molecule has 0 bridgehead atoms. The highest BCUT2D eigenvalue weighted by molar-refractivity contribution is 5.93. The summed E-state index contributed by atoms with van der Waals surface area (Å²) in [6, 6.07) is -0.0943. The Bertz CT molecular complexity index is 459. The van der Waals surface area contributed by atoms with Gasteiger partial charge in [0.2, 0.25) is 5.91 Å². The van der Waals surface area contributed by atoms with Gasteiger partial charge in [-0.1, -0.05) is 84.3 Å². The number of amides is 2. The Balaban J connectivity index is 1.95. The van der Waals surface area contributed by atoms with Crippen molar-refractivity contribution < 1.29 is 14.3 Å². The zero-order valence-electron chi connectivity index (χ0n) is 18.6. The SMILES string of the molecule is CCCCCCCC/C=C\CCCCCCCC(=O)N1C(=O)OC[C@@H]1C(C)C. The molecule has 0 radical (unpaired) electrons. The van der Waals surface area contributed by atoms with E-state index in [-0.39, 0.29) is 17.9 Å². The van der Waals surface area contributed by atoms with Crippen molar-refractivity contribution in [2.45, 2.75) is 117 Å². The molecule has 1 fully saturated rings. The maximum atomic E-state index is 12.3. The van der Waals surface area contributed by atoms with E-state index in [1.807, 2.05) is 13.8 Å². The van der Waals surface area contributed by atoms with Crippen LogP contribution >= 0.6 is 0 Å². The number of unbranched alkanes of at least 4 members (excludes halogenated alkanes) is 11. The molecule has 0 unspecified atom stereocenters. The van der Waals surface area contributed by atoms with Crippen LogP contribution in [-0.4, -0.2) is 29.5 Å². The minimum Gasteiger partial charge on any atom is -0.447 e. The summed E-state index contributed by atoms with van der Waals surface area (Å²) < 4.78 is 5.05. The highest BCUT2D eigenvalue weighted by Crippen LogP contribution is 2.21. The van der Waals surface area contributed by atoms with Gasteiger partial charge in [0.15, 0.2) is 0 Å². The predicted molar refractivity (Wildman–Crippen MR) is 116 cm³/mol. The van der Waals surface area contributed by atoms with Gasteiger partial charge in [-0.3, -0.25) is 4.79 Å². The second-order valence-electron chi connectivity index (χ2n) is 8.49. The largest absolute Gasteiger partial charge is 0.447 e. The monoisotopic (exact) mass is 393 g/mol. The van der Waals surface area contributed by atoms with Crippen molar-refractivity contribution in [3.05, 3.63) is 12.2 Å². The summed E-state index contributed by atoms with van der Waals surface area (Å²) in [5, 5.41) is 0. The molecule has 0 N–H and O–H groups in total. The molecule has 0 spiro atoms. The summed E-state index contributed by atoms with van der Waals surface area (Å²) in [5.74, 6) is 0.170. The molecule has 4 nitrogen and oxygen atoms in total. The van der Waals surface area contributed by atoms with Gasteiger partial charge >= 0.3 is 6.09 Å². The minimum absolute atomic E-state index is 0.0705. The van der Waals surface area contributed by atoms with E-state index >= 15 is 0 Å². The molecular formula is C24H43NO3. The number of imide groups is 1. The van der Waals surface area contributed by atoms with Gasteiger partial charge in [-0.2, -0.15) is 0 Å². The first kappa shape index (κ1) is 24.7. The molecule has 1 saturated heterocycles. The van der Waals surface area contributed by atoms with Crippen molar-refractivity contribution in [3.8, 4) is 0 Å². The standard InChI is InChI=1S/C24H43NO3/c1-4-5-6-7-8-9-10-11-12-13-14-15-16-17-18-19-23(26)25-22(21(2)3)20-28-24(25)27/h11-12,21-22H,4-10,13-20H2,1-3H3/b12-11-/t22-/m1/s1. The number of carbonyl (C=O) groups is 2. The number of hydrogen-bond donors (Lipinski definition) is 0. The van der Waals surface area contributed by atoms with E-state index in [9.17, 15) is 9.59 Å². The Kier molecular flexibility index (Phi) is 13.8. The number of carbonyl (C=O) groups excluding carboxylic acids is 2. The van der Waals surface area contributed by atoms with Crippen LogP contribution in [0.2, 0.25) is 0 Å². The van der Waals surface area contributed by atoms with Gasteiger partial charge in [0, 0.05) is 6.42 Å². The first-order chi connectivity index (χ1) is 13.6. The molecule has 1 heterocycles. The Morgan fingerprint density at radius 3 is 2.07 bits per heavy atom. The van der Waals surface area contributed by atoms with Crippen molar-refractivity contribution in [2.75, 3.05) is 6.61 Å². The number of ether oxygens (including phenoxy) is 1. The fraction of sp³-hybridized carbons (Fsp3) is 0.833. The maximum absolute atomic E-state index is 12.3. The molecule has 0 aliphatic carbocycles. The van der Waals surface area contributed by atoms with E-state index in [4.69, 9.17) is 4.74 Å². The summed E-state index contributed by atoms with van der Waals surface area (Å²) in [6.45, 7) is 6.65. The number of allylic oxidation sites excluding steroid dienone is 2. The average Bonchev–Trinajstić information content (AvgIpc) is 3.06. The van der Waals surface area contributed by atoms with Crippen molar-refractivity contribution in [1.82, 2.24) is 4.90 Å². The fourth-order valence-electron chi connectivity index (χ4n) is 3.68. The summed E-state index contributed by atoms with van der Waals surface area (Å²) in [5.41, 5.74) is 0. The lowest BCUT2D eigenvalue weighted by molar-refractivity contribution is -0.129. The van der Waals surface area contributed by atoms with Crippen LogP contribution in [0, 0.1) is 5.92 Å². The molecule has 28 heavy (non-hydrogen) atoms. The Morgan fingerprint density at radius 1 is 0.964 bits per heavy atom. The van der Waals surface area contributed by atoms with Gasteiger partial charge in [0.1, 0.15) is 6.61 Å². The zero-order valence-corrected chi connectivity index (χ0v) is 18.6. The fourth-order valence-corrected chi connectivity index (χ4v) is 3.68. The second kappa shape index (κ2) is 15.6. The van der Waals surface area contributed by atoms with Gasteiger partial charge in [0.25, 0.3) is 0 Å². The van der Waals surface area contributed by atoms with Crippen molar-refractivity contribution in [3.63, 3.8) is 0 Å². The van der Waals surface area contributed by atoms with Crippen LogP contribution in [-0.2, 0) is 9.53 Å². The lowest BCUT2D eigenvalue weighted by Gasteiger charge is -2.22. The van der Waals surface area contributed by atoms with E-state index in [1.165, 1.54) is 69.1 Å². The summed E-state index contributed by atoms with van der Waals surface area (Å²) in [7, 11) is 0. The Hall–Kier alpha value is -1.32. The first-order valence-corrected chi connectivity index (χ1v) is 11.7. The number of rotatable bonds is 16. The number of nitrogens with zero attached hydrogens (tertiary/aromatic N) is 1. The third-order valence-corrected chi connectivity index (χ3v) is 5.60. The molecule has 2 amide bonds. The van der Waals surface area contributed by atoms with Crippen LogP contribution in [0.15, 0.2) is 12.2 Å². The van der Waals surface area contributed by atoms with E-state index in [0.717, 1.165) is 19.3 Å². The zero-order chi connectivity index (χ0) is 20.6. The molecule has 0 saturated carbocycles. The topological polar surface area (TPSA) is 46.6 Å². The smallest absolute Gasteiger partial charge is 0.416 e. The van der Waals surface area contributed by atoms with E-state index < -0.39 is 6.09 Å². The molecule has 0 aromatic heterocycles. The van der Waals surface area contributed by atoms with Gasteiger partial charge in [-0.15, -0.1) is 0 Å². The van der Waals surface area contributed by atoms with Crippen LogP contribution in [0.5, 0.6) is 0 Å². The van der Waals surface area contributed by atoms with Gasteiger partial charge in [-0.25, -0.2) is 9.69 Å². The van der Waals surface area contributed by atoms with Crippen molar-refractivity contribution in [1.29, 1.82) is 0 Å². The molecule has 1 rings (SSSR count). The number of hydrogen-bond acceptors (Lipinski definition) is 3. The highest BCUT2D eigenvalue weighted by Gasteiger charge is 2.38. The third kappa shape index (κ3) is 10.3. The quantitative estimate of drug-likeness (QED) is 0.209. The lowest BCUT2D eigenvalue weighted by Crippen LogP contribution is -2.41. The molecule has 1 atom stereocenters. The molecule has 0 aromatic carbocycles. The van der Waals surface area contributed by atoms with E-state index in [1.54, 1.807) is 0 Å². The second-order valence-corrected chi connectivity index (χ2v) is 8.49. The predicted octanol–water partition coefficient (Wildman–Crippen LogP) is 7.03. The van der Waals surface area contributed by atoms with Crippen LogP contribution in [0.25, 0.3) is 0 Å². The van der Waals surface area contributed by atoms with Crippen molar-refractivity contribution in [2.24, 2.45) is 5.92 Å². The van der Waals surface area contributed by atoms with Crippen molar-refractivity contribution >= 4 is 12.0 Å². The van der Waals surface area contributed by atoms with Crippen LogP contribution in [0.1, 0.15) is 111 Å².